The van der Waals surface area contributed by atoms with E-state index in [1.54, 1.807) is 4.57 Å². The molecule has 0 bridgehead atoms. The lowest BCUT2D eigenvalue weighted by Gasteiger charge is -2.36. The van der Waals surface area contributed by atoms with Crippen molar-refractivity contribution in [2.45, 2.75) is 40.4 Å². The molecule has 0 amide bonds. The Balaban J connectivity index is 1.45. The van der Waals surface area contributed by atoms with Gasteiger partial charge in [-0.3, -0.25) is 18.7 Å². The Hall–Kier alpha value is -2.97. The largest absolute Gasteiger partial charge is 0.369 e. The van der Waals surface area contributed by atoms with Crippen LogP contribution in [0.5, 0.6) is 0 Å². The van der Waals surface area contributed by atoms with Crippen LogP contribution in [-0.4, -0.2) is 49.8 Å². The smallest absolute Gasteiger partial charge is 0.262 e. The van der Waals surface area contributed by atoms with Gasteiger partial charge in [0.25, 0.3) is 5.56 Å². The van der Waals surface area contributed by atoms with Gasteiger partial charge in [-0.05, 0) is 61.3 Å². The molecule has 1 aliphatic heterocycles. The van der Waals surface area contributed by atoms with Crippen molar-refractivity contribution in [1.29, 1.82) is 0 Å². The molecule has 1 fully saturated rings. The average molecular weight is 477 g/mol. The Morgan fingerprint density at radius 3 is 2.53 bits per heavy atom. The number of benzene rings is 2. The van der Waals surface area contributed by atoms with Crippen LogP contribution in [0, 0.1) is 17.6 Å². The summed E-state index contributed by atoms with van der Waals surface area (Å²) >= 11 is 5.89. The topological polar surface area (TPSA) is 50.7 Å². The van der Waals surface area contributed by atoms with Crippen LogP contribution in [0.2, 0.25) is 0 Å². The van der Waals surface area contributed by atoms with Gasteiger partial charge in [0.05, 0.1) is 17.6 Å². The predicted molar refractivity (Wildman–Crippen MR) is 140 cm³/mol. The van der Waals surface area contributed by atoms with E-state index in [1.807, 2.05) is 33.3 Å². The zero-order valence-electron chi connectivity index (χ0n) is 20.1. The second-order valence-corrected chi connectivity index (χ2v) is 10.0. The third-order valence-electron chi connectivity index (χ3n) is 6.69. The minimum Gasteiger partial charge on any atom is -0.369 e. The second-order valence-electron chi connectivity index (χ2n) is 9.66. The molecule has 0 aliphatic carbocycles. The van der Waals surface area contributed by atoms with Crippen LogP contribution >= 0.6 is 12.2 Å². The molecule has 8 heteroatoms. The molecule has 1 aliphatic rings. The molecule has 2 aromatic heterocycles. The van der Waals surface area contributed by atoms with Crippen molar-refractivity contribution in [1.82, 2.24) is 23.6 Å². The molecule has 0 N–H and O–H groups in total. The number of anilines is 1. The fourth-order valence-electron chi connectivity index (χ4n) is 4.71. The van der Waals surface area contributed by atoms with Crippen LogP contribution in [0.4, 0.5) is 5.69 Å². The highest BCUT2D eigenvalue weighted by atomic mass is 32.1. The summed E-state index contributed by atoms with van der Waals surface area (Å²) in [4.78, 5) is 18.1. The Bertz CT molecular complexity index is 1440. The molecule has 0 spiro atoms. The van der Waals surface area contributed by atoms with Gasteiger partial charge in [-0.2, -0.15) is 0 Å². The fraction of sp³-hybridized carbons (Fsp3) is 0.423. The number of nitrogens with zero attached hydrogens (tertiary/aromatic N) is 6. The zero-order chi connectivity index (χ0) is 23.8. The second kappa shape index (κ2) is 9.35. The molecule has 3 heterocycles. The number of aromatic nitrogens is 4. The first kappa shape index (κ1) is 22.8. The van der Waals surface area contributed by atoms with Crippen molar-refractivity contribution < 1.29 is 0 Å². The predicted octanol–water partition coefficient (Wildman–Crippen LogP) is 4.31. The summed E-state index contributed by atoms with van der Waals surface area (Å²) in [6.45, 7) is 11.5. The Kier molecular flexibility index (Phi) is 6.27. The number of rotatable bonds is 6. The number of para-hydroxylation sites is 1. The van der Waals surface area contributed by atoms with Crippen LogP contribution in [0.1, 0.15) is 25.8 Å². The highest BCUT2D eigenvalue weighted by Crippen LogP contribution is 2.19. The highest BCUT2D eigenvalue weighted by molar-refractivity contribution is 7.71. The molecular formula is C26H32N6OS. The molecule has 34 heavy (non-hydrogen) atoms. The normalized spacial score (nSPS) is 15.1. The van der Waals surface area contributed by atoms with E-state index in [4.69, 9.17) is 17.3 Å². The quantitative estimate of drug-likeness (QED) is 0.388. The number of fused-ring (bicyclic) bond motifs is 3. The summed E-state index contributed by atoms with van der Waals surface area (Å²) in [6, 6.07) is 16.4. The lowest BCUT2D eigenvalue weighted by molar-refractivity contribution is 0.194. The SMILES string of the molecule is Cc1cccc(N2CCN(Cn3nc4n(CCC(C)C)c(=O)c5ccccc5n4c3=S)CC2)c1. The molecule has 0 atom stereocenters. The third-order valence-corrected chi connectivity index (χ3v) is 7.08. The summed E-state index contributed by atoms with van der Waals surface area (Å²) in [5.74, 6) is 1.13. The van der Waals surface area contributed by atoms with Crippen molar-refractivity contribution in [3.8, 4) is 0 Å². The fourth-order valence-corrected chi connectivity index (χ4v) is 4.99. The molecule has 178 valence electrons. The minimum absolute atomic E-state index is 0.00247. The Labute approximate surface area is 204 Å². The lowest BCUT2D eigenvalue weighted by Crippen LogP contribution is -2.47. The first-order chi connectivity index (χ1) is 16.4. The molecule has 2 aromatic carbocycles. The summed E-state index contributed by atoms with van der Waals surface area (Å²) in [5.41, 5.74) is 3.39. The van der Waals surface area contributed by atoms with Crippen LogP contribution in [0.15, 0.2) is 53.3 Å². The molecule has 1 saturated heterocycles. The maximum atomic E-state index is 13.3. The Morgan fingerprint density at radius 1 is 1.03 bits per heavy atom. The van der Waals surface area contributed by atoms with E-state index in [9.17, 15) is 4.79 Å². The zero-order valence-corrected chi connectivity index (χ0v) is 21.0. The molecule has 5 rings (SSSR count). The van der Waals surface area contributed by atoms with E-state index in [2.05, 4.69) is 54.8 Å². The van der Waals surface area contributed by atoms with Gasteiger partial charge < -0.3 is 4.90 Å². The summed E-state index contributed by atoms with van der Waals surface area (Å²) in [7, 11) is 0. The van der Waals surface area contributed by atoms with Crippen LogP contribution < -0.4 is 10.5 Å². The molecule has 0 unspecified atom stereocenters. The van der Waals surface area contributed by atoms with Gasteiger partial charge in [0, 0.05) is 38.4 Å². The first-order valence-corrected chi connectivity index (χ1v) is 12.5. The minimum atomic E-state index is 0.00247. The van der Waals surface area contributed by atoms with Gasteiger partial charge in [-0.1, -0.05) is 38.1 Å². The van der Waals surface area contributed by atoms with Gasteiger partial charge in [-0.15, -0.1) is 5.10 Å². The van der Waals surface area contributed by atoms with E-state index in [1.165, 1.54) is 11.3 Å². The van der Waals surface area contributed by atoms with Crippen LogP contribution in [0.25, 0.3) is 16.7 Å². The van der Waals surface area contributed by atoms with E-state index in [0.29, 0.717) is 35.1 Å². The van der Waals surface area contributed by atoms with Crippen molar-refractivity contribution in [2.75, 3.05) is 31.1 Å². The van der Waals surface area contributed by atoms with Crippen molar-refractivity contribution >= 4 is 34.6 Å². The standard InChI is InChI=1S/C26H32N6OS/c1-19(2)11-12-30-24(33)22-9-4-5-10-23(22)32-25(30)27-31(26(32)34)18-28-13-15-29(16-14-28)21-8-6-7-20(3)17-21/h4-10,17,19H,11-16,18H2,1-3H3. The van der Waals surface area contributed by atoms with Crippen molar-refractivity contribution in [3.05, 3.63) is 69.2 Å². The van der Waals surface area contributed by atoms with Gasteiger partial charge in [-0.25, -0.2) is 4.68 Å². The monoisotopic (exact) mass is 476 g/mol. The number of hydrogen-bond acceptors (Lipinski definition) is 5. The number of hydrogen-bond donors (Lipinski definition) is 0. The highest BCUT2D eigenvalue weighted by Gasteiger charge is 2.20. The van der Waals surface area contributed by atoms with Gasteiger partial charge in [0.2, 0.25) is 10.5 Å². The Morgan fingerprint density at radius 2 is 1.79 bits per heavy atom. The van der Waals surface area contributed by atoms with E-state index >= 15 is 0 Å². The van der Waals surface area contributed by atoms with Gasteiger partial charge in [0.1, 0.15) is 0 Å². The number of aryl methyl sites for hydroxylation is 2. The third kappa shape index (κ3) is 4.28. The maximum Gasteiger partial charge on any atom is 0.262 e. The van der Waals surface area contributed by atoms with E-state index in [0.717, 1.165) is 38.1 Å². The van der Waals surface area contributed by atoms with Crippen molar-refractivity contribution in [2.24, 2.45) is 5.92 Å². The number of piperazine rings is 1. The molecular weight excluding hydrogens is 444 g/mol. The van der Waals surface area contributed by atoms with E-state index < -0.39 is 0 Å². The van der Waals surface area contributed by atoms with Gasteiger partial charge >= 0.3 is 0 Å². The summed E-state index contributed by atoms with van der Waals surface area (Å²) in [6.07, 6.45) is 0.911. The summed E-state index contributed by atoms with van der Waals surface area (Å²) < 4.78 is 6.27. The molecule has 7 nitrogen and oxygen atoms in total. The first-order valence-electron chi connectivity index (χ1n) is 12.1. The maximum absolute atomic E-state index is 13.3. The molecule has 4 aromatic rings. The van der Waals surface area contributed by atoms with Crippen LogP contribution in [0.3, 0.4) is 0 Å². The lowest BCUT2D eigenvalue weighted by atomic mass is 10.1. The van der Waals surface area contributed by atoms with Gasteiger partial charge in [0.15, 0.2) is 0 Å². The van der Waals surface area contributed by atoms with Crippen molar-refractivity contribution in [3.63, 3.8) is 0 Å². The average Bonchev–Trinajstić information content (AvgIpc) is 3.15. The molecule has 0 saturated carbocycles. The molecule has 0 radical (unpaired) electrons. The van der Waals surface area contributed by atoms with Crippen LogP contribution in [-0.2, 0) is 13.2 Å². The summed E-state index contributed by atoms with van der Waals surface area (Å²) in [5, 5.41) is 5.55. The van der Waals surface area contributed by atoms with E-state index in [-0.39, 0.29) is 5.56 Å².